The molecule has 1 aromatic carbocycles. The predicted molar refractivity (Wildman–Crippen MR) is 108 cm³/mol. The fraction of sp³-hybridized carbons (Fsp3) is 0.400. The van der Waals surface area contributed by atoms with Gasteiger partial charge in [-0.05, 0) is 57.0 Å². The number of unbranched alkanes of at least 4 members (excludes halogenated alkanes) is 1. The van der Waals surface area contributed by atoms with Crippen LogP contribution in [0.5, 0.6) is 11.5 Å². The molecule has 0 aliphatic heterocycles. The van der Waals surface area contributed by atoms with Crippen molar-refractivity contribution in [1.29, 1.82) is 0 Å². The molecule has 2 heterocycles. The monoisotopic (exact) mass is 382 g/mol. The average molecular weight is 382 g/mol. The molecule has 0 unspecified atom stereocenters. The minimum Gasteiger partial charge on any atom is -0.490 e. The van der Waals surface area contributed by atoms with Crippen LogP contribution in [0.25, 0.3) is 5.95 Å². The number of hydrogen-bond acceptors (Lipinski definition) is 6. The van der Waals surface area contributed by atoms with E-state index in [4.69, 9.17) is 9.47 Å². The quantitative estimate of drug-likeness (QED) is 0.418. The fourth-order valence-corrected chi connectivity index (χ4v) is 2.72. The summed E-state index contributed by atoms with van der Waals surface area (Å²) in [5.41, 5.74) is 2.77. The highest BCUT2D eigenvalue weighted by Gasteiger charge is 2.11. The molecule has 8 nitrogen and oxygen atoms in total. The molecule has 0 aliphatic carbocycles. The first-order chi connectivity index (χ1) is 13.6. The van der Waals surface area contributed by atoms with Crippen LogP contribution in [0.2, 0.25) is 0 Å². The van der Waals surface area contributed by atoms with Gasteiger partial charge in [-0.3, -0.25) is 0 Å². The van der Waals surface area contributed by atoms with E-state index in [1.807, 2.05) is 45.0 Å². The predicted octanol–water partition coefficient (Wildman–Crippen LogP) is 3.54. The zero-order valence-electron chi connectivity index (χ0n) is 16.8. The molecule has 148 valence electrons. The molecular weight excluding hydrogens is 356 g/mol. The van der Waals surface area contributed by atoms with Gasteiger partial charge in [0.1, 0.15) is 6.33 Å². The zero-order chi connectivity index (χ0) is 19.9. The Morgan fingerprint density at radius 1 is 1.11 bits per heavy atom. The Labute approximate surface area is 164 Å². The summed E-state index contributed by atoms with van der Waals surface area (Å²) in [7, 11) is 0. The molecule has 2 aromatic heterocycles. The molecule has 0 bridgehead atoms. The number of hydrogen-bond donors (Lipinski definition) is 0. The third kappa shape index (κ3) is 4.57. The zero-order valence-corrected chi connectivity index (χ0v) is 16.8. The standard InChI is InChI=1S/C20H26N6O2/c1-5-7-10-28-18-9-8-17(12-19(18)27-6-2)13-22-25-14-21-23-20(25)26-16(4)11-15(3)24-26/h8-9,11-14H,5-7,10H2,1-4H3/b22-13-. The lowest BCUT2D eigenvalue weighted by atomic mass is 10.2. The molecule has 0 N–H and O–H groups in total. The lowest BCUT2D eigenvalue weighted by Gasteiger charge is -2.12. The molecule has 0 fully saturated rings. The molecule has 3 rings (SSSR count). The highest BCUT2D eigenvalue weighted by atomic mass is 16.5. The summed E-state index contributed by atoms with van der Waals surface area (Å²) in [4.78, 5) is 0. The van der Waals surface area contributed by atoms with Gasteiger partial charge in [0.15, 0.2) is 11.5 Å². The Morgan fingerprint density at radius 2 is 1.96 bits per heavy atom. The summed E-state index contributed by atoms with van der Waals surface area (Å²) < 4.78 is 14.9. The van der Waals surface area contributed by atoms with Gasteiger partial charge in [-0.2, -0.15) is 14.9 Å². The first-order valence-electron chi connectivity index (χ1n) is 9.50. The molecule has 0 amide bonds. The number of rotatable bonds is 9. The molecule has 8 heteroatoms. The lowest BCUT2D eigenvalue weighted by Crippen LogP contribution is -2.06. The second-order valence-electron chi connectivity index (χ2n) is 6.40. The van der Waals surface area contributed by atoms with Crippen LogP contribution in [0.3, 0.4) is 0 Å². The molecule has 0 saturated carbocycles. The van der Waals surface area contributed by atoms with Gasteiger partial charge in [-0.1, -0.05) is 13.3 Å². The highest BCUT2D eigenvalue weighted by Crippen LogP contribution is 2.28. The van der Waals surface area contributed by atoms with Crippen molar-refractivity contribution in [3.8, 4) is 17.4 Å². The molecule has 0 aliphatic rings. The second-order valence-corrected chi connectivity index (χ2v) is 6.40. The minimum absolute atomic E-state index is 0.534. The Hall–Kier alpha value is -3.16. The summed E-state index contributed by atoms with van der Waals surface area (Å²) in [6.45, 7) is 9.24. The first-order valence-corrected chi connectivity index (χ1v) is 9.50. The Kier molecular flexibility index (Phi) is 6.41. The molecule has 3 aromatic rings. The summed E-state index contributed by atoms with van der Waals surface area (Å²) in [5, 5.41) is 17.0. The van der Waals surface area contributed by atoms with Gasteiger partial charge >= 0.3 is 0 Å². The van der Waals surface area contributed by atoms with Gasteiger partial charge in [-0.15, -0.1) is 10.2 Å². The van der Waals surface area contributed by atoms with Crippen LogP contribution in [0, 0.1) is 13.8 Å². The van der Waals surface area contributed by atoms with E-state index in [1.54, 1.807) is 21.9 Å². The maximum atomic E-state index is 5.82. The fourth-order valence-electron chi connectivity index (χ4n) is 2.72. The van der Waals surface area contributed by atoms with Gasteiger partial charge in [0.05, 0.1) is 25.1 Å². The van der Waals surface area contributed by atoms with Gasteiger partial charge in [0.25, 0.3) is 5.95 Å². The van der Waals surface area contributed by atoms with E-state index in [0.717, 1.165) is 35.5 Å². The molecule has 28 heavy (non-hydrogen) atoms. The molecular formula is C20H26N6O2. The van der Waals surface area contributed by atoms with Crippen molar-refractivity contribution in [2.24, 2.45) is 5.10 Å². The van der Waals surface area contributed by atoms with Crippen molar-refractivity contribution >= 4 is 6.21 Å². The van der Waals surface area contributed by atoms with Crippen molar-refractivity contribution in [3.05, 3.63) is 47.5 Å². The van der Waals surface area contributed by atoms with Crippen LogP contribution in [-0.4, -0.2) is 44.1 Å². The van der Waals surface area contributed by atoms with E-state index >= 15 is 0 Å². The normalized spacial score (nSPS) is 11.3. The second kappa shape index (κ2) is 9.16. The van der Waals surface area contributed by atoms with Gasteiger partial charge in [0, 0.05) is 5.69 Å². The van der Waals surface area contributed by atoms with Crippen molar-refractivity contribution < 1.29 is 9.47 Å². The third-order valence-corrected chi connectivity index (χ3v) is 4.07. The summed E-state index contributed by atoms with van der Waals surface area (Å²) in [6.07, 6.45) is 5.38. The van der Waals surface area contributed by atoms with Crippen molar-refractivity contribution in [2.75, 3.05) is 13.2 Å². The van der Waals surface area contributed by atoms with Crippen LogP contribution >= 0.6 is 0 Å². The highest BCUT2D eigenvalue weighted by molar-refractivity contribution is 5.80. The Balaban J connectivity index is 1.82. The number of ether oxygens (including phenoxy) is 2. The third-order valence-electron chi connectivity index (χ3n) is 4.07. The van der Waals surface area contributed by atoms with Crippen LogP contribution in [0.4, 0.5) is 0 Å². The number of nitrogens with zero attached hydrogens (tertiary/aromatic N) is 6. The van der Waals surface area contributed by atoms with E-state index < -0.39 is 0 Å². The first kappa shape index (κ1) is 19.6. The summed E-state index contributed by atoms with van der Waals surface area (Å²) in [5.74, 6) is 2.00. The Morgan fingerprint density at radius 3 is 2.68 bits per heavy atom. The van der Waals surface area contributed by atoms with Crippen LogP contribution < -0.4 is 9.47 Å². The molecule has 0 spiro atoms. The average Bonchev–Trinajstić information content (AvgIpc) is 3.27. The topological polar surface area (TPSA) is 79.4 Å². The Bertz CT molecular complexity index is 944. The minimum atomic E-state index is 0.534. The van der Waals surface area contributed by atoms with E-state index in [2.05, 4.69) is 27.3 Å². The van der Waals surface area contributed by atoms with Crippen molar-refractivity contribution in [1.82, 2.24) is 24.7 Å². The maximum Gasteiger partial charge on any atom is 0.273 e. The van der Waals surface area contributed by atoms with E-state index in [-0.39, 0.29) is 0 Å². The molecule has 0 atom stereocenters. The van der Waals surface area contributed by atoms with Crippen molar-refractivity contribution in [3.63, 3.8) is 0 Å². The largest absolute Gasteiger partial charge is 0.490 e. The number of aromatic nitrogens is 5. The molecule has 0 radical (unpaired) electrons. The van der Waals surface area contributed by atoms with Gasteiger partial charge < -0.3 is 9.47 Å². The van der Waals surface area contributed by atoms with Crippen LogP contribution in [0.1, 0.15) is 43.6 Å². The van der Waals surface area contributed by atoms with Gasteiger partial charge in [0.2, 0.25) is 0 Å². The molecule has 0 saturated heterocycles. The van der Waals surface area contributed by atoms with E-state index in [1.165, 1.54) is 0 Å². The van der Waals surface area contributed by atoms with Crippen molar-refractivity contribution in [2.45, 2.75) is 40.5 Å². The SMILES string of the molecule is CCCCOc1ccc(/C=N\n2cnnc2-n2nc(C)cc2C)cc1OCC. The van der Waals surface area contributed by atoms with E-state index in [0.29, 0.717) is 24.9 Å². The smallest absolute Gasteiger partial charge is 0.273 e. The number of benzene rings is 1. The van der Waals surface area contributed by atoms with Crippen LogP contribution in [0.15, 0.2) is 35.7 Å². The van der Waals surface area contributed by atoms with E-state index in [9.17, 15) is 0 Å². The lowest BCUT2D eigenvalue weighted by molar-refractivity contribution is 0.272. The number of aryl methyl sites for hydroxylation is 2. The maximum absolute atomic E-state index is 5.82. The summed E-state index contributed by atoms with van der Waals surface area (Å²) >= 11 is 0. The van der Waals surface area contributed by atoms with Crippen LogP contribution in [-0.2, 0) is 0 Å². The van der Waals surface area contributed by atoms with Gasteiger partial charge in [-0.25, -0.2) is 4.68 Å². The summed E-state index contributed by atoms with van der Waals surface area (Å²) in [6, 6.07) is 7.76.